The van der Waals surface area contributed by atoms with Gasteiger partial charge in [-0.3, -0.25) is 9.69 Å². The molecule has 1 fully saturated rings. The minimum absolute atomic E-state index is 0.00980. The fourth-order valence-corrected chi connectivity index (χ4v) is 5.77. The predicted octanol–water partition coefficient (Wildman–Crippen LogP) is 4.80. The number of nitrogens with one attached hydrogen (secondary N) is 2. The summed E-state index contributed by atoms with van der Waals surface area (Å²) in [6.07, 6.45) is -3.16. The number of likely N-dealkylation sites (N-methyl/N-ethyl adjacent to an activating group) is 1. The SMILES string of the molecule is CCS(=O)(=O)c1ccc(Cl)cc1CNC(=O)c1cc(Cl)c(CN2CCCC(NC)C2)c(OC(F)(F)F)c1. The lowest BCUT2D eigenvalue weighted by molar-refractivity contribution is -0.275. The zero-order valence-corrected chi connectivity index (χ0v) is 22.6. The van der Waals surface area contributed by atoms with Gasteiger partial charge in [0, 0.05) is 46.8 Å². The largest absolute Gasteiger partial charge is 0.573 e. The van der Waals surface area contributed by atoms with Crippen LogP contribution in [0.15, 0.2) is 35.2 Å². The van der Waals surface area contributed by atoms with E-state index in [0.717, 1.165) is 18.9 Å². The molecule has 1 aliphatic heterocycles. The highest BCUT2D eigenvalue weighted by atomic mass is 35.5. The number of nitrogens with zero attached hydrogens (tertiary/aromatic N) is 1. The van der Waals surface area contributed by atoms with Gasteiger partial charge in [-0.2, -0.15) is 0 Å². The molecule has 0 aliphatic carbocycles. The minimum atomic E-state index is -4.99. The Morgan fingerprint density at radius 1 is 1.22 bits per heavy atom. The van der Waals surface area contributed by atoms with Gasteiger partial charge in [0.05, 0.1) is 10.6 Å². The molecule has 1 aliphatic rings. The lowest BCUT2D eigenvalue weighted by atomic mass is 10.0. The first kappa shape index (κ1) is 29.5. The highest BCUT2D eigenvalue weighted by Crippen LogP contribution is 2.34. The van der Waals surface area contributed by atoms with E-state index in [-0.39, 0.29) is 56.5 Å². The average molecular weight is 582 g/mol. The lowest BCUT2D eigenvalue weighted by Crippen LogP contribution is -2.44. The summed E-state index contributed by atoms with van der Waals surface area (Å²) in [5.41, 5.74) is 0.210. The lowest BCUT2D eigenvalue weighted by Gasteiger charge is -2.33. The van der Waals surface area contributed by atoms with Crippen molar-refractivity contribution < 1.29 is 31.1 Å². The first-order valence-corrected chi connectivity index (χ1v) is 14.0. The van der Waals surface area contributed by atoms with Gasteiger partial charge in [-0.05, 0) is 62.3 Å². The summed E-state index contributed by atoms with van der Waals surface area (Å²) >= 11 is 12.4. The highest BCUT2D eigenvalue weighted by molar-refractivity contribution is 7.91. The van der Waals surface area contributed by atoms with E-state index >= 15 is 0 Å². The number of sulfone groups is 1. The quantitative estimate of drug-likeness (QED) is 0.442. The van der Waals surface area contributed by atoms with Crippen molar-refractivity contribution in [2.24, 2.45) is 0 Å². The van der Waals surface area contributed by atoms with Crippen LogP contribution in [0.4, 0.5) is 13.2 Å². The standard InChI is InChI=1S/C24H28Cl2F3N3O4S/c1-3-37(34,35)22-7-6-17(25)9-16(22)12-31-23(33)15-10-20(26)19(21(11-15)36-24(27,28)29)14-32-8-4-5-18(13-32)30-2/h6-7,9-11,18,30H,3-5,8,12-14H2,1-2H3,(H,31,33). The van der Waals surface area contributed by atoms with E-state index < -0.39 is 27.9 Å². The van der Waals surface area contributed by atoms with Gasteiger partial charge < -0.3 is 15.4 Å². The second kappa shape index (κ2) is 12.2. The molecule has 2 aromatic rings. The van der Waals surface area contributed by atoms with Gasteiger partial charge in [-0.15, -0.1) is 13.2 Å². The molecule has 0 spiro atoms. The van der Waals surface area contributed by atoms with Gasteiger partial charge in [-0.25, -0.2) is 8.42 Å². The molecule has 0 bridgehead atoms. The molecule has 37 heavy (non-hydrogen) atoms. The summed E-state index contributed by atoms with van der Waals surface area (Å²) in [4.78, 5) is 14.9. The van der Waals surface area contributed by atoms with Crippen LogP contribution in [0.1, 0.15) is 41.3 Å². The van der Waals surface area contributed by atoms with Crippen LogP contribution in [0, 0.1) is 0 Å². The molecule has 1 unspecified atom stereocenters. The van der Waals surface area contributed by atoms with Crippen LogP contribution in [0.25, 0.3) is 0 Å². The predicted molar refractivity (Wildman–Crippen MR) is 136 cm³/mol. The van der Waals surface area contributed by atoms with Crippen LogP contribution in [-0.2, 0) is 22.9 Å². The van der Waals surface area contributed by atoms with Crippen LogP contribution < -0.4 is 15.4 Å². The highest BCUT2D eigenvalue weighted by Gasteiger charge is 2.34. The molecule has 2 aromatic carbocycles. The van der Waals surface area contributed by atoms with E-state index in [1.54, 1.807) is 0 Å². The Kier molecular flexibility index (Phi) is 9.73. The molecule has 2 N–H and O–H groups in total. The Balaban J connectivity index is 1.87. The first-order chi connectivity index (χ1) is 17.3. The summed E-state index contributed by atoms with van der Waals surface area (Å²) in [6.45, 7) is 2.70. The van der Waals surface area contributed by atoms with E-state index in [4.69, 9.17) is 23.2 Å². The number of piperidine rings is 1. The normalized spacial score (nSPS) is 17.0. The summed E-state index contributed by atoms with van der Waals surface area (Å²) in [5, 5.41) is 5.93. The molecule has 1 saturated heterocycles. The summed E-state index contributed by atoms with van der Waals surface area (Å²) < 4.78 is 68.7. The van der Waals surface area contributed by atoms with E-state index in [9.17, 15) is 26.4 Å². The molecule has 1 heterocycles. The Labute approximate surface area is 224 Å². The van der Waals surface area contributed by atoms with Crippen LogP contribution in [0.2, 0.25) is 10.0 Å². The zero-order valence-electron chi connectivity index (χ0n) is 20.3. The van der Waals surface area contributed by atoms with Crippen molar-refractivity contribution in [2.45, 2.75) is 50.2 Å². The third kappa shape index (κ3) is 7.97. The number of alkyl halides is 3. The van der Waals surface area contributed by atoms with Crippen LogP contribution in [-0.4, -0.2) is 57.5 Å². The zero-order chi connectivity index (χ0) is 27.4. The average Bonchev–Trinajstić information content (AvgIpc) is 2.83. The third-order valence-electron chi connectivity index (χ3n) is 6.11. The molecule has 204 valence electrons. The minimum Gasteiger partial charge on any atom is -0.405 e. The van der Waals surface area contributed by atoms with Gasteiger partial charge >= 0.3 is 6.36 Å². The van der Waals surface area contributed by atoms with E-state index in [1.165, 1.54) is 31.2 Å². The number of hydrogen-bond donors (Lipinski definition) is 2. The number of hydrogen-bond acceptors (Lipinski definition) is 6. The van der Waals surface area contributed by atoms with Crippen molar-refractivity contribution >= 4 is 38.9 Å². The van der Waals surface area contributed by atoms with Gasteiger partial charge in [0.1, 0.15) is 5.75 Å². The molecule has 1 atom stereocenters. The molecule has 7 nitrogen and oxygen atoms in total. The van der Waals surface area contributed by atoms with E-state index in [1.807, 2.05) is 11.9 Å². The van der Waals surface area contributed by atoms with Gasteiger partial charge in [0.25, 0.3) is 5.91 Å². The van der Waals surface area contributed by atoms with Crippen molar-refractivity contribution in [3.8, 4) is 5.75 Å². The van der Waals surface area contributed by atoms with Gasteiger partial charge in [-0.1, -0.05) is 30.1 Å². The number of carbonyl (C=O) groups is 1. The first-order valence-electron chi connectivity index (χ1n) is 11.6. The molecule has 0 saturated carbocycles. The number of ether oxygens (including phenoxy) is 1. The van der Waals surface area contributed by atoms with Crippen molar-refractivity contribution in [2.75, 3.05) is 25.9 Å². The second-order valence-corrected chi connectivity index (χ2v) is 11.8. The molecular weight excluding hydrogens is 554 g/mol. The van der Waals surface area contributed by atoms with Crippen molar-refractivity contribution in [3.05, 3.63) is 57.1 Å². The van der Waals surface area contributed by atoms with Gasteiger partial charge in [0.2, 0.25) is 0 Å². The Morgan fingerprint density at radius 2 is 1.95 bits per heavy atom. The molecule has 0 aromatic heterocycles. The number of carbonyl (C=O) groups excluding carboxylic acids is 1. The Hall–Kier alpha value is -2.05. The summed E-state index contributed by atoms with van der Waals surface area (Å²) in [7, 11) is -1.77. The van der Waals surface area contributed by atoms with Crippen molar-refractivity contribution in [1.82, 2.24) is 15.5 Å². The van der Waals surface area contributed by atoms with E-state index in [2.05, 4.69) is 15.4 Å². The van der Waals surface area contributed by atoms with Crippen molar-refractivity contribution in [1.29, 1.82) is 0 Å². The summed E-state index contributed by atoms with van der Waals surface area (Å²) in [5.74, 6) is -1.47. The summed E-state index contributed by atoms with van der Waals surface area (Å²) in [6, 6.07) is 6.66. The maximum atomic E-state index is 13.2. The molecule has 1 amide bonds. The number of benzene rings is 2. The molecule has 13 heteroatoms. The maximum absolute atomic E-state index is 13.2. The number of amides is 1. The number of rotatable bonds is 9. The molecular formula is C24H28Cl2F3N3O4S. The van der Waals surface area contributed by atoms with E-state index in [0.29, 0.717) is 13.1 Å². The molecule has 3 rings (SSSR count). The monoisotopic (exact) mass is 581 g/mol. The Bertz CT molecular complexity index is 1240. The fraction of sp³-hybridized carbons (Fsp3) is 0.458. The van der Waals surface area contributed by atoms with Crippen LogP contribution in [0.3, 0.4) is 0 Å². The third-order valence-corrected chi connectivity index (χ3v) is 8.52. The van der Waals surface area contributed by atoms with Crippen LogP contribution >= 0.6 is 23.2 Å². The molecule has 0 radical (unpaired) electrons. The number of halogens is 5. The topological polar surface area (TPSA) is 87.7 Å². The fourth-order valence-electron chi connectivity index (χ4n) is 4.19. The van der Waals surface area contributed by atoms with Gasteiger partial charge in [0.15, 0.2) is 9.84 Å². The van der Waals surface area contributed by atoms with Crippen LogP contribution in [0.5, 0.6) is 5.75 Å². The smallest absolute Gasteiger partial charge is 0.405 e. The number of likely N-dealkylation sites (tertiary alicyclic amines) is 1. The maximum Gasteiger partial charge on any atom is 0.573 e. The second-order valence-electron chi connectivity index (χ2n) is 8.68. The Morgan fingerprint density at radius 3 is 2.59 bits per heavy atom. The van der Waals surface area contributed by atoms with Crippen molar-refractivity contribution in [3.63, 3.8) is 0 Å².